The second-order valence-electron chi connectivity index (χ2n) is 5.34. The molecule has 0 bridgehead atoms. The van der Waals surface area contributed by atoms with E-state index in [4.69, 9.17) is 9.47 Å². The van der Waals surface area contributed by atoms with Gasteiger partial charge in [0.1, 0.15) is 10.8 Å². The molecule has 0 aliphatic rings. The van der Waals surface area contributed by atoms with Crippen molar-refractivity contribution in [2.45, 2.75) is 26.2 Å². The first-order chi connectivity index (χ1) is 12.5. The van der Waals surface area contributed by atoms with Crippen molar-refractivity contribution in [3.05, 3.63) is 34.8 Å². The minimum atomic E-state index is -0.522. The second-order valence-corrected chi connectivity index (χ2v) is 6.52. The molecule has 1 amide bonds. The number of esters is 1. The van der Waals surface area contributed by atoms with Gasteiger partial charge in [-0.3, -0.25) is 14.4 Å². The Kier molecular flexibility index (Phi) is 7.22. The molecule has 9 heteroatoms. The van der Waals surface area contributed by atoms with Gasteiger partial charge in [0, 0.05) is 18.4 Å². The molecule has 1 aromatic heterocycles. The summed E-state index contributed by atoms with van der Waals surface area (Å²) in [4.78, 5) is 35.3. The lowest BCUT2D eigenvalue weighted by Gasteiger charge is -2.05. The van der Waals surface area contributed by atoms with Crippen LogP contribution in [0.1, 0.15) is 34.6 Å². The van der Waals surface area contributed by atoms with E-state index in [0.29, 0.717) is 22.9 Å². The minimum Gasteiger partial charge on any atom is -0.497 e. The number of rotatable bonds is 9. The Labute approximate surface area is 154 Å². The van der Waals surface area contributed by atoms with Gasteiger partial charge in [-0.15, -0.1) is 10.2 Å². The number of nitrogens with one attached hydrogen (secondary N) is 1. The third kappa shape index (κ3) is 6.25. The third-order valence-corrected chi connectivity index (χ3v) is 4.09. The molecule has 26 heavy (non-hydrogen) atoms. The van der Waals surface area contributed by atoms with Crippen LogP contribution in [0.5, 0.6) is 5.75 Å². The lowest BCUT2D eigenvalue weighted by atomic mass is 10.1. The van der Waals surface area contributed by atoms with Crippen LogP contribution in [0, 0.1) is 6.92 Å². The van der Waals surface area contributed by atoms with E-state index >= 15 is 0 Å². The van der Waals surface area contributed by atoms with E-state index in [9.17, 15) is 14.4 Å². The summed E-state index contributed by atoms with van der Waals surface area (Å²) in [7, 11) is 1.54. The SMILES string of the molecule is COc1ccc(C(=O)COC(=O)CCCC(=O)Nc2nnc(C)s2)cc1. The number of carbonyl (C=O) groups excluding carboxylic acids is 3. The van der Waals surface area contributed by atoms with Crippen LogP contribution >= 0.6 is 11.3 Å². The summed E-state index contributed by atoms with van der Waals surface area (Å²) in [6.45, 7) is 1.46. The quantitative estimate of drug-likeness (QED) is 0.528. The number of hydrogen-bond acceptors (Lipinski definition) is 8. The Morgan fingerprint density at radius 1 is 1.12 bits per heavy atom. The van der Waals surface area contributed by atoms with Crippen molar-refractivity contribution >= 4 is 34.1 Å². The predicted molar refractivity (Wildman–Crippen MR) is 95.4 cm³/mol. The number of methoxy groups -OCH3 is 1. The highest BCUT2D eigenvalue weighted by molar-refractivity contribution is 7.15. The first-order valence-electron chi connectivity index (χ1n) is 7.91. The molecule has 0 saturated heterocycles. The molecule has 0 aliphatic heterocycles. The molecule has 8 nitrogen and oxygen atoms in total. The van der Waals surface area contributed by atoms with Crippen molar-refractivity contribution in [3.63, 3.8) is 0 Å². The zero-order valence-corrected chi connectivity index (χ0v) is 15.3. The molecule has 0 radical (unpaired) electrons. The Bertz CT molecular complexity index is 773. The number of ketones is 1. The lowest BCUT2D eigenvalue weighted by Crippen LogP contribution is -2.15. The van der Waals surface area contributed by atoms with E-state index in [1.807, 2.05) is 0 Å². The molecule has 1 aromatic carbocycles. The van der Waals surface area contributed by atoms with Gasteiger partial charge in [-0.1, -0.05) is 11.3 Å². The molecule has 1 N–H and O–H groups in total. The van der Waals surface area contributed by atoms with E-state index in [1.54, 1.807) is 31.2 Å². The third-order valence-electron chi connectivity index (χ3n) is 3.33. The van der Waals surface area contributed by atoms with Crippen molar-refractivity contribution < 1.29 is 23.9 Å². The van der Waals surface area contributed by atoms with Gasteiger partial charge in [0.2, 0.25) is 11.0 Å². The van der Waals surface area contributed by atoms with Gasteiger partial charge in [0.25, 0.3) is 0 Å². The Morgan fingerprint density at radius 3 is 2.46 bits per heavy atom. The number of aromatic nitrogens is 2. The van der Waals surface area contributed by atoms with Crippen LogP contribution in [-0.4, -0.2) is 41.6 Å². The van der Waals surface area contributed by atoms with Crippen molar-refractivity contribution in [2.24, 2.45) is 0 Å². The zero-order valence-electron chi connectivity index (χ0n) is 14.5. The highest BCUT2D eigenvalue weighted by Crippen LogP contribution is 2.14. The van der Waals surface area contributed by atoms with Gasteiger partial charge < -0.3 is 14.8 Å². The number of nitrogens with zero attached hydrogens (tertiary/aromatic N) is 2. The average Bonchev–Trinajstić information content (AvgIpc) is 3.04. The summed E-state index contributed by atoms with van der Waals surface area (Å²) in [6, 6.07) is 6.53. The Hall–Kier alpha value is -2.81. The number of Topliss-reactive ketones (excluding diaryl/α,β-unsaturated/α-hetero) is 1. The van der Waals surface area contributed by atoms with Crippen molar-refractivity contribution in [2.75, 3.05) is 19.0 Å². The minimum absolute atomic E-state index is 0.0540. The van der Waals surface area contributed by atoms with Crippen LogP contribution in [0.4, 0.5) is 5.13 Å². The summed E-state index contributed by atoms with van der Waals surface area (Å²) in [6.07, 6.45) is 0.526. The number of hydrogen-bond donors (Lipinski definition) is 1. The summed E-state index contributed by atoms with van der Waals surface area (Å²) in [5, 5.41) is 11.4. The number of aryl methyl sites for hydroxylation is 1. The second kappa shape index (κ2) is 9.62. The fourth-order valence-electron chi connectivity index (χ4n) is 2.00. The molecule has 138 valence electrons. The molecular formula is C17H19N3O5S. The molecule has 0 aliphatic carbocycles. The topological polar surface area (TPSA) is 107 Å². The normalized spacial score (nSPS) is 10.2. The molecule has 1 heterocycles. The average molecular weight is 377 g/mol. The number of anilines is 1. The van der Waals surface area contributed by atoms with E-state index in [1.165, 1.54) is 18.4 Å². The standard InChI is InChI=1S/C17H19N3O5S/c1-11-19-20-17(26-11)18-15(22)4-3-5-16(23)25-10-14(21)12-6-8-13(24-2)9-7-12/h6-9H,3-5,10H2,1-2H3,(H,18,20,22). The maximum absolute atomic E-state index is 11.9. The van der Waals surface area contributed by atoms with Gasteiger partial charge in [0.15, 0.2) is 12.4 Å². The highest BCUT2D eigenvalue weighted by atomic mass is 32.1. The maximum atomic E-state index is 11.9. The molecule has 0 spiro atoms. The fourth-order valence-corrected chi connectivity index (χ4v) is 2.61. The molecule has 0 saturated carbocycles. The monoisotopic (exact) mass is 377 g/mol. The van der Waals surface area contributed by atoms with E-state index < -0.39 is 5.97 Å². The number of benzene rings is 1. The number of amides is 1. The van der Waals surface area contributed by atoms with E-state index in [-0.39, 0.29) is 31.1 Å². The molecule has 0 fully saturated rings. The number of carbonyl (C=O) groups is 3. The van der Waals surface area contributed by atoms with Gasteiger partial charge in [-0.25, -0.2) is 0 Å². The predicted octanol–water partition coefficient (Wildman–Crippen LogP) is 2.39. The summed E-state index contributed by atoms with van der Waals surface area (Å²) >= 11 is 1.28. The largest absolute Gasteiger partial charge is 0.497 e. The zero-order chi connectivity index (χ0) is 18.9. The molecule has 2 rings (SSSR count). The van der Waals surface area contributed by atoms with Crippen LogP contribution in [0.15, 0.2) is 24.3 Å². The van der Waals surface area contributed by atoms with Crippen LogP contribution in [0.2, 0.25) is 0 Å². The molecule has 0 unspecified atom stereocenters. The van der Waals surface area contributed by atoms with E-state index in [0.717, 1.165) is 5.01 Å². The summed E-state index contributed by atoms with van der Waals surface area (Å²) in [5.41, 5.74) is 0.435. The van der Waals surface area contributed by atoms with Gasteiger partial charge in [-0.2, -0.15) is 0 Å². The van der Waals surface area contributed by atoms with Crippen molar-refractivity contribution in [1.82, 2.24) is 10.2 Å². The Morgan fingerprint density at radius 2 is 1.85 bits per heavy atom. The smallest absolute Gasteiger partial charge is 0.306 e. The van der Waals surface area contributed by atoms with Crippen molar-refractivity contribution in [1.29, 1.82) is 0 Å². The van der Waals surface area contributed by atoms with E-state index in [2.05, 4.69) is 15.5 Å². The summed E-state index contributed by atoms with van der Waals surface area (Å²) < 4.78 is 9.96. The van der Waals surface area contributed by atoms with Crippen LogP contribution < -0.4 is 10.1 Å². The maximum Gasteiger partial charge on any atom is 0.306 e. The summed E-state index contributed by atoms with van der Waals surface area (Å²) in [5.74, 6) is -0.430. The first kappa shape index (κ1) is 19.5. The van der Waals surface area contributed by atoms with Gasteiger partial charge >= 0.3 is 5.97 Å². The first-order valence-corrected chi connectivity index (χ1v) is 8.72. The van der Waals surface area contributed by atoms with Crippen LogP contribution in [0.3, 0.4) is 0 Å². The fraction of sp³-hybridized carbons (Fsp3) is 0.353. The van der Waals surface area contributed by atoms with Gasteiger partial charge in [0.05, 0.1) is 7.11 Å². The van der Waals surface area contributed by atoms with Crippen molar-refractivity contribution in [3.8, 4) is 5.75 Å². The lowest BCUT2D eigenvalue weighted by molar-refractivity contribution is -0.142. The molecule has 0 atom stereocenters. The molecular weight excluding hydrogens is 358 g/mol. The van der Waals surface area contributed by atoms with Gasteiger partial charge in [-0.05, 0) is 37.6 Å². The van der Waals surface area contributed by atoms with Crippen LogP contribution in [-0.2, 0) is 14.3 Å². The molecule has 2 aromatic rings. The highest BCUT2D eigenvalue weighted by Gasteiger charge is 2.12. The number of ether oxygens (including phenoxy) is 2. The Balaban J connectivity index is 1.65. The van der Waals surface area contributed by atoms with Crippen LogP contribution in [0.25, 0.3) is 0 Å².